The third kappa shape index (κ3) is 3.65. The van der Waals surface area contributed by atoms with Gasteiger partial charge in [0.2, 0.25) is 10.0 Å². The van der Waals surface area contributed by atoms with Crippen LogP contribution in [0.1, 0.15) is 23.2 Å². The number of nitrogens with zero attached hydrogens (tertiary/aromatic N) is 1. The van der Waals surface area contributed by atoms with Gasteiger partial charge in [-0.05, 0) is 47.5 Å². The molecule has 2 aliphatic rings. The van der Waals surface area contributed by atoms with Crippen molar-refractivity contribution in [1.29, 1.82) is 0 Å². The average Bonchev–Trinajstić information content (AvgIpc) is 3.18. The molecule has 2 heterocycles. The molecule has 1 fully saturated rings. The number of para-hydroxylation sites is 1. The van der Waals surface area contributed by atoms with Crippen molar-refractivity contribution in [2.45, 2.75) is 23.3 Å². The fourth-order valence-corrected chi connectivity index (χ4v) is 6.00. The monoisotopic (exact) mass is 453 g/mol. The molecule has 3 aromatic rings. The third-order valence-electron chi connectivity index (χ3n) is 5.93. The van der Waals surface area contributed by atoms with Crippen LogP contribution in [0.5, 0.6) is 5.75 Å². The quantitative estimate of drug-likeness (QED) is 0.571. The number of hydrogen-bond acceptors (Lipinski definition) is 4. The van der Waals surface area contributed by atoms with Crippen molar-refractivity contribution in [3.63, 3.8) is 0 Å². The zero-order chi connectivity index (χ0) is 21.6. The van der Waals surface area contributed by atoms with E-state index in [0.717, 1.165) is 11.1 Å². The van der Waals surface area contributed by atoms with E-state index in [4.69, 9.17) is 16.3 Å². The number of ether oxygens (including phenoxy) is 1. The minimum atomic E-state index is -3.73. The third-order valence-corrected chi connectivity index (χ3v) is 8.02. The van der Waals surface area contributed by atoms with Gasteiger partial charge in [-0.3, -0.25) is 4.79 Å². The van der Waals surface area contributed by atoms with Crippen molar-refractivity contribution >= 4 is 27.4 Å². The van der Waals surface area contributed by atoms with Gasteiger partial charge >= 0.3 is 0 Å². The summed E-state index contributed by atoms with van der Waals surface area (Å²) in [5, 5.41) is 0.624. The van der Waals surface area contributed by atoms with Gasteiger partial charge < -0.3 is 4.74 Å². The Morgan fingerprint density at radius 3 is 2.52 bits per heavy atom. The fraction of sp³-hybridized carbons (Fsp3) is 0.208. The summed E-state index contributed by atoms with van der Waals surface area (Å²) in [6.45, 7) is 0.462. The Balaban J connectivity index is 1.42. The molecule has 158 valence electrons. The first-order valence-corrected chi connectivity index (χ1v) is 11.9. The number of sulfonamides is 1. The molecule has 0 saturated carbocycles. The summed E-state index contributed by atoms with van der Waals surface area (Å²) in [5.41, 5.74) is 1.43. The second-order valence-corrected chi connectivity index (χ2v) is 10.4. The molecule has 0 N–H and O–H groups in total. The highest BCUT2D eigenvalue weighted by Crippen LogP contribution is 2.40. The molecule has 0 amide bonds. The number of rotatable bonds is 3. The van der Waals surface area contributed by atoms with Crippen molar-refractivity contribution in [3.8, 4) is 16.9 Å². The minimum Gasteiger partial charge on any atom is -0.485 e. The van der Waals surface area contributed by atoms with Gasteiger partial charge in [0, 0.05) is 18.0 Å². The van der Waals surface area contributed by atoms with E-state index in [1.54, 1.807) is 48.5 Å². The van der Waals surface area contributed by atoms with Crippen LogP contribution in [-0.4, -0.2) is 37.2 Å². The highest BCUT2D eigenvalue weighted by Gasteiger charge is 2.48. The molecule has 31 heavy (non-hydrogen) atoms. The SMILES string of the molecule is O=C1CC2(CCN(S(=O)(=O)c3cccc(-c4ccc(Cl)cc4)c3)C2)Oc2ccccc21. The van der Waals surface area contributed by atoms with Crippen LogP contribution >= 0.6 is 11.6 Å². The molecule has 0 radical (unpaired) electrons. The zero-order valence-corrected chi connectivity index (χ0v) is 18.2. The van der Waals surface area contributed by atoms with Crippen LogP contribution in [0.2, 0.25) is 5.02 Å². The lowest BCUT2D eigenvalue weighted by Crippen LogP contribution is -2.45. The van der Waals surface area contributed by atoms with Gasteiger partial charge in [0.15, 0.2) is 5.78 Å². The Morgan fingerprint density at radius 1 is 0.935 bits per heavy atom. The van der Waals surface area contributed by atoms with Crippen LogP contribution in [0.4, 0.5) is 0 Å². The van der Waals surface area contributed by atoms with E-state index in [1.165, 1.54) is 4.31 Å². The van der Waals surface area contributed by atoms with E-state index in [0.29, 0.717) is 29.3 Å². The van der Waals surface area contributed by atoms with Crippen LogP contribution in [0.15, 0.2) is 77.7 Å². The highest BCUT2D eigenvalue weighted by atomic mass is 35.5. The smallest absolute Gasteiger partial charge is 0.243 e. The van der Waals surface area contributed by atoms with Gasteiger partial charge in [0.25, 0.3) is 0 Å². The van der Waals surface area contributed by atoms with Crippen LogP contribution in [-0.2, 0) is 10.0 Å². The van der Waals surface area contributed by atoms with Gasteiger partial charge in [0.1, 0.15) is 11.4 Å². The van der Waals surface area contributed by atoms with Crippen LogP contribution in [0.25, 0.3) is 11.1 Å². The number of carbonyl (C=O) groups excluding carboxylic acids is 1. The van der Waals surface area contributed by atoms with Gasteiger partial charge in [-0.1, -0.05) is 48.0 Å². The first-order chi connectivity index (χ1) is 14.9. The topological polar surface area (TPSA) is 63.7 Å². The first-order valence-electron chi connectivity index (χ1n) is 10.0. The van der Waals surface area contributed by atoms with Crippen LogP contribution < -0.4 is 4.74 Å². The number of ketones is 1. The van der Waals surface area contributed by atoms with Gasteiger partial charge in [-0.2, -0.15) is 4.31 Å². The summed E-state index contributed by atoms with van der Waals surface area (Å²) in [4.78, 5) is 12.9. The highest BCUT2D eigenvalue weighted by molar-refractivity contribution is 7.89. The van der Waals surface area contributed by atoms with Crippen LogP contribution in [0.3, 0.4) is 0 Å². The Morgan fingerprint density at radius 2 is 1.71 bits per heavy atom. The number of carbonyl (C=O) groups is 1. The molecule has 2 aliphatic heterocycles. The molecule has 1 spiro atoms. The second-order valence-electron chi connectivity index (χ2n) is 8.00. The predicted molar refractivity (Wildman–Crippen MR) is 119 cm³/mol. The predicted octanol–water partition coefficient (Wildman–Crippen LogP) is 4.81. The molecule has 1 atom stereocenters. The van der Waals surface area contributed by atoms with E-state index in [9.17, 15) is 13.2 Å². The largest absolute Gasteiger partial charge is 0.485 e. The van der Waals surface area contributed by atoms with Gasteiger partial charge in [0.05, 0.1) is 23.4 Å². The molecular formula is C24H20ClNO4S. The summed E-state index contributed by atoms with van der Waals surface area (Å²) in [6, 6.07) is 21.3. The minimum absolute atomic E-state index is 0.00849. The van der Waals surface area contributed by atoms with Crippen LogP contribution in [0, 0.1) is 0 Å². The normalized spacial score (nSPS) is 21.1. The molecule has 1 unspecified atom stereocenters. The molecule has 0 aliphatic carbocycles. The van der Waals surface area contributed by atoms with E-state index in [1.807, 2.05) is 24.3 Å². The van der Waals surface area contributed by atoms with Gasteiger partial charge in [-0.25, -0.2) is 8.42 Å². The maximum atomic E-state index is 13.4. The Kier molecular flexibility index (Phi) is 4.88. The second kappa shape index (κ2) is 7.48. The lowest BCUT2D eigenvalue weighted by molar-refractivity contribution is 0.0498. The van der Waals surface area contributed by atoms with E-state index < -0.39 is 15.6 Å². The van der Waals surface area contributed by atoms with Crippen molar-refractivity contribution in [1.82, 2.24) is 4.31 Å². The molecule has 1 saturated heterocycles. The van der Waals surface area contributed by atoms with E-state index in [2.05, 4.69) is 0 Å². The Hall–Kier alpha value is -2.67. The molecule has 0 bridgehead atoms. The lowest BCUT2D eigenvalue weighted by atomic mass is 9.89. The van der Waals surface area contributed by atoms with Crippen molar-refractivity contribution in [2.75, 3.05) is 13.1 Å². The molecule has 3 aromatic carbocycles. The summed E-state index contributed by atoms with van der Waals surface area (Å²) in [5.74, 6) is 0.522. The summed E-state index contributed by atoms with van der Waals surface area (Å²) in [7, 11) is -3.73. The lowest BCUT2D eigenvalue weighted by Gasteiger charge is -2.34. The number of halogens is 1. The maximum absolute atomic E-state index is 13.4. The fourth-order valence-electron chi connectivity index (χ4n) is 4.31. The summed E-state index contributed by atoms with van der Waals surface area (Å²) >= 11 is 5.96. The number of benzene rings is 3. The van der Waals surface area contributed by atoms with E-state index >= 15 is 0 Å². The molecule has 5 rings (SSSR count). The van der Waals surface area contributed by atoms with Crippen molar-refractivity contribution in [3.05, 3.63) is 83.4 Å². The summed E-state index contributed by atoms with van der Waals surface area (Å²) in [6.07, 6.45) is 0.657. The zero-order valence-electron chi connectivity index (χ0n) is 16.6. The molecular weight excluding hydrogens is 434 g/mol. The van der Waals surface area contributed by atoms with Crippen molar-refractivity contribution < 1.29 is 17.9 Å². The molecule has 0 aromatic heterocycles. The van der Waals surface area contributed by atoms with E-state index in [-0.39, 0.29) is 23.6 Å². The Bertz CT molecular complexity index is 1270. The molecule has 7 heteroatoms. The number of fused-ring (bicyclic) bond motifs is 1. The Labute approximate surface area is 186 Å². The number of hydrogen-bond donors (Lipinski definition) is 0. The van der Waals surface area contributed by atoms with Crippen molar-refractivity contribution in [2.24, 2.45) is 0 Å². The first kappa shape index (κ1) is 20.2. The van der Waals surface area contributed by atoms with Gasteiger partial charge in [-0.15, -0.1) is 0 Å². The summed E-state index contributed by atoms with van der Waals surface area (Å²) < 4.78 is 34.4. The molecule has 5 nitrogen and oxygen atoms in total. The standard InChI is InChI=1S/C24H20ClNO4S/c25-19-10-8-17(9-11-19)18-4-3-5-20(14-18)31(28,29)26-13-12-24(16-26)15-22(27)21-6-1-2-7-23(21)30-24/h1-11,14H,12-13,15-16H2. The number of Topliss-reactive ketones (excluding diaryl/α,β-unsaturated/α-hetero) is 1. The maximum Gasteiger partial charge on any atom is 0.243 e. The average molecular weight is 454 g/mol.